The summed E-state index contributed by atoms with van der Waals surface area (Å²) in [4.78, 5) is 19.9. The minimum atomic E-state index is -0.144. The van der Waals surface area contributed by atoms with Crippen molar-refractivity contribution in [2.45, 2.75) is 13.0 Å². The second kappa shape index (κ2) is 6.27. The van der Waals surface area contributed by atoms with Gasteiger partial charge < -0.3 is 15.6 Å². The Morgan fingerprint density at radius 1 is 1.56 bits per heavy atom. The highest BCUT2D eigenvalue weighted by Gasteiger charge is 2.09. The minimum absolute atomic E-state index is 0.144. The molecule has 0 aromatic carbocycles. The number of imidazole rings is 1. The second-order valence-corrected chi connectivity index (χ2v) is 4.66. The molecule has 0 radical (unpaired) electrons. The van der Waals surface area contributed by atoms with Crippen LogP contribution < -0.4 is 11.1 Å². The lowest BCUT2D eigenvalue weighted by Gasteiger charge is -2.03. The molecule has 2 aromatic rings. The lowest BCUT2D eigenvalue weighted by molar-refractivity contribution is 0.0948. The fourth-order valence-electron chi connectivity index (χ4n) is 1.46. The van der Waals surface area contributed by atoms with E-state index in [9.17, 15) is 4.79 Å². The molecule has 7 heteroatoms. The third-order valence-electron chi connectivity index (χ3n) is 2.36. The minimum Gasteiger partial charge on any atom is -0.349 e. The van der Waals surface area contributed by atoms with Gasteiger partial charge in [-0.1, -0.05) is 0 Å². The average Bonchev–Trinajstić information content (AvgIpc) is 3.00. The average molecular weight is 265 g/mol. The molecule has 3 N–H and O–H groups in total. The summed E-state index contributed by atoms with van der Waals surface area (Å²) in [5.41, 5.74) is 5.90. The van der Waals surface area contributed by atoms with E-state index in [4.69, 9.17) is 5.73 Å². The van der Waals surface area contributed by atoms with Gasteiger partial charge in [-0.15, -0.1) is 11.3 Å². The summed E-state index contributed by atoms with van der Waals surface area (Å²) in [6.45, 7) is 1.81. The van der Waals surface area contributed by atoms with E-state index in [1.807, 2.05) is 10.8 Å². The summed E-state index contributed by atoms with van der Waals surface area (Å²) in [6, 6.07) is 0. The van der Waals surface area contributed by atoms with Gasteiger partial charge in [-0.3, -0.25) is 4.79 Å². The fourth-order valence-corrected chi connectivity index (χ4v) is 2.26. The van der Waals surface area contributed by atoms with E-state index >= 15 is 0 Å². The van der Waals surface area contributed by atoms with Gasteiger partial charge in [-0.2, -0.15) is 0 Å². The number of hydrogen-bond donors (Lipinski definition) is 2. The van der Waals surface area contributed by atoms with Crippen LogP contribution in [0.1, 0.15) is 15.5 Å². The Kier molecular flexibility index (Phi) is 4.43. The van der Waals surface area contributed by atoms with Crippen LogP contribution in [0.5, 0.6) is 0 Å². The molecule has 0 saturated heterocycles. The highest BCUT2D eigenvalue weighted by atomic mass is 32.1. The molecular weight excluding hydrogens is 250 g/mol. The van der Waals surface area contributed by atoms with Crippen LogP contribution in [0.3, 0.4) is 0 Å². The van der Waals surface area contributed by atoms with E-state index in [2.05, 4.69) is 15.3 Å². The van der Waals surface area contributed by atoms with Crippen molar-refractivity contribution in [1.29, 1.82) is 0 Å². The molecule has 0 aliphatic heterocycles. The SMILES string of the molecule is NCCc1nc(C(=O)NCCn2ccnc2)cs1. The van der Waals surface area contributed by atoms with Gasteiger partial charge in [0.2, 0.25) is 0 Å². The Balaban J connectivity index is 1.80. The molecule has 0 atom stereocenters. The molecule has 2 rings (SSSR count). The van der Waals surface area contributed by atoms with Gasteiger partial charge in [0.1, 0.15) is 5.69 Å². The molecule has 2 heterocycles. The Morgan fingerprint density at radius 2 is 2.44 bits per heavy atom. The van der Waals surface area contributed by atoms with Crippen molar-refractivity contribution < 1.29 is 4.79 Å². The summed E-state index contributed by atoms with van der Waals surface area (Å²) in [6.07, 6.45) is 6.00. The van der Waals surface area contributed by atoms with Crippen molar-refractivity contribution >= 4 is 17.2 Å². The molecule has 0 saturated carbocycles. The number of carbonyl (C=O) groups excluding carboxylic acids is 1. The van der Waals surface area contributed by atoms with Crippen LogP contribution in [0.15, 0.2) is 24.1 Å². The number of hydrogen-bond acceptors (Lipinski definition) is 5. The van der Waals surface area contributed by atoms with Crippen LogP contribution in [0.2, 0.25) is 0 Å². The van der Waals surface area contributed by atoms with Gasteiger partial charge in [0.15, 0.2) is 0 Å². The number of rotatable bonds is 6. The molecule has 0 aliphatic rings. The van der Waals surface area contributed by atoms with Crippen molar-refractivity contribution in [3.8, 4) is 0 Å². The van der Waals surface area contributed by atoms with E-state index < -0.39 is 0 Å². The topological polar surface area (TPSA) is 85.8 Å². The predicted octanol–water partition coefficient (Wildman–Crippen LogP) is 0.271. The monoisotopic (exact) mass is 265 g/mol. The van der Waals surface area contributed by atoms with Crippen LogP contribution in [0.4, 0.5) is 0 Å². The van der Waals surface area contributed by atoms with E-state index in [-0.39, 0.29) is 5.91 Å². The Hall–Kier alpha value is -1.73. The largest absolute Gasteiger partial charge is 0.349 e. The first kappa shape index (κ1) is 12.7. The van der Waals surface area contributed by atoms with E-state index in [0.717, 1.165) is 5.01 Å². The van der Waals surface area contributed by atoms with Crippen molar-refractivity contribution in [3.63, 3.8) is 0 Å². The number of nitrogens with one attached hydrogen (secondary N) is 1. The van der Waals surface area contributed by atoms with Crippen molar-refractivity contribution in [3.05, 3.63) is 34.8 Å². The summed E-state index contributed by atoms with van der Waals surface area (Å²) in [5, 5.41) is 5.48. The normalized spacial score (nSPS) is 10.5. The molecule has 0 bridgehead atoms. The highest BCUT2D eigenvalue weighted by Crippen LogP contribution is 2.09. The predicted molar refractivity (Wildman–Crippen MR) is 69.4 cm³/mol. The number of nitrogens with zero attached hydrogens (tertiary/aromatic N) is 3. The molecule has 6 nitrogen and oxygen atoms in total. The first-order chi connectivity index (χ1) is 8.79. The third kappa shape index (κ3) is 3.38. The Morgan fingerprint density at radius 3 is 3.17 bits per heavy atom. The number of thiazole rings is 1. The number of carbonyl (C=O) groups is 1. The lowest BCUT2D eigenvalue weighted by atomic mass is 10.4. The van der Waals surface area contributed by atoms with Crippen LogP contribution in [0, 0.1) is 0 Å². The van der Waals surface area contributed by atoms with Gasteiger partial charge in [-0.25, -0.2) is 9.97 Å². The molecule has 96 valence electrons. The summed E-state index contributed by atoms with van der Waals surface area (Å²) in [5.74, 6) is -0.144. The van der Waals surface area contributed by atoms with E-state index in [1.165, 1.54) is 11.3 Å². The second-order valence-electron chi connectivity index (χ2n) is 3.72. The standard InChI is InChI=1S/C11H15N5OS/c12-2-1-10-15-9(7-18-10)11(17)14-4-6-16-5-3-13-8-16/h3,5,7-8H,1-2,4,6,12H2,(H,14,17). The first-order valence-corrected chi connectivity index (χ1v) is 6.56. The molecule has 1 amide bonds. The Bertz CT molecular complexity index is 493. The number of amides is 1. The third-order valence-corrected chi connectivity index (χ3v) is 3.27. The van der Waals surface area contributed by atoms with Crippen LogP contribution in [0.25, 0.3) is 0 Å². The fraction of sp³-hybridized carbons (Fsp3) is 0.364. The maximum Gasteiger partial charge on any atom is 0.270 e. The van der Waals surface area contributed by atoms with Crippen molar-refractivity contribution in [2.24, 2.45) is 5.73 Å². The zero-order valence-corrected chi connectivity index (χ0v) is 10.7. The zero-order chi connectivity index (χ0) is 12.8. The maximum atomic E-state index is 11.8. The Labute approximate surface area is 109 Å². The van der Waals surface area contributed by atoms with Crippen LogP contribution >= 0.6 is 11.3 Å². The quantitative estimate of drug-likeness (QED) is 0.785. The van der Waals surface area contributed by atoms with E-state index in [1.54, 1.807) is 17.9 Å². The molecule has 0 unspecified atom stereocenters. The first-order valence-electron chi connectivity index (χ1n) is 5.68. The molecule has 0 aliphatic carbocycles. The zero-order valence-electron chi connectivity index (χ0n) is 9.87. The molecular formula is C11H15N5OS. The van der Waals surface area contributed by atoms with Crippen molar-refractivity contribution in [2.75, 3.05) is 13.1 Å². The smallest absolute Gasteiger partial charge is 0.270 e. The summed E-state index contributed by atoms with van der Waals surface area (Å²) < 4.78 is 1.90. The van der Waals surface area contributed by atoms with Crippen LogP contribution in [-0.2, 0) is 13.0 Å². The van der Waals surface area contributed by atoms with Gasteiger partial charge in [0.05, 0.1) is 11.3 Å². The molecule has 0 spiro atoms. The summed E-state index contributed by atoms with van der Waals surface area (Å²) >= 11 is 1.47. The number of aromatic nitrogens is 3. The highest BCUT2D eigenvalue weighted by molar-refractivity contribution is 7.09. The summed E-state index contributed by atoms with van der Waals surface area (Å²) in [7, 11) is 0. The van der Waals surface area contributed by atoms with Crippen LogP contribution in [-0.4, -0.2) is 33.5 Å². The molecule has 2 aromatic heterocycles. The molecule has 0 fully saturated rings. The van der Waals surface area contributed by atoms with E-state index in [0.29, 0.717) is 31.7 Å². The lowest BCUT2D eigenvalue weighted by Crippen LogP contribution is -2.27. The van der Waals surface area contributed by atoms with Gasteiger partial charge in [0.25, 0.3) is 5.91 Å². The van der Waals surface area contributed by atoms with Gasteiger partial charge in [0, 0.05) is 37.3 Å². The number of nitrogens with two attached hydrogens (primary N) is 1. The van der Waals surface area contributed by atoms with Crippen molar-refractivity contribution in [1.82, 2.24) is 19.9 Å². The molecule has 18 heavy (non-hydrogen) atoms. The van der Waals surface area contributed by atoms with Gasteiger partial charge in [-0.05, 0) is 6.54 Å². The van der Waals surface area contributed by atoms with Gasteiger partial charge >= 0.3 is 0 Å². The maximum absolute atomic E-state index is 11.8.